The number of carbonyl (C=O) groups excluding carboxylic acids is 2. The molecule has 0 saturated heterocycles. The molecule has 2 N–H and O–H groups in total. The molecule has 30 heavy (non-hydrogen) atoms. The molecule has 9 heteroatoms. The molecular formula is C21H20FN3O4S. The number of hydrogen-bond acceptors (Lipinski definition) is 6. The van der Waals surface area contributed by atoms with Crippen LogP contribution in [0.15, 0.2) is 47.8 Å². The van der Waals surface area contributed by atoms with Gasteiger partial charge in [0, 0.05) is 17.5 Å². The normalized spacial score (nSPS) is 10.4. The van der Waals surface area contributed by atoms with Gasteiger partial charge in [-0.25, -0.2) is 9.37 Å². The molecule has 3 rings (SSSR count). The van der Waals surface area contributed by atoms with Crippen molar-refractivity contribution in [3.05, 3.63) is 70.5 Å². The summed E-state index contributed by atoms with van der Waals surface area (Å²) in [6.45, 7) is 0.298. The highest BCUT2D eigenvalue weighted by atomic mass is 32.1. The molecule has 2 aromatic carbocycles. The first-order valence-corrected chi connectivity index (χ1v) is 9.85. The summed E-state index contributed by atoms with van der Waals surface area (Å²) in [6, 6.07) is 10.7. The van der Waals surface area contributed by atoms with Gasteiger partial charge in [-0.2, -0.15) is 0 Å². The number of rotatable bonds is 8. The van der Waals surface area contributed by atoms with Gasteiger partial charge in [-0.05, 0) is 35.9 Å². The maximum atomic E-state index is 12.9. The number of nitrogens with zero attached hydrogens (tertiary/aromatic N) is 1. The number of hydrogen-bond donors (Lipinski definition) is 2. The summed E-state index contributed by atoms with van der Waals surface area (Å²) in [5.74, 6) is 0.0789. The number of ether oxygens (including phenoxy) is 2. The minimum atomic E-state index is -0.349. The summed E-state index contributed by atoms with van der Waals surface area (Å²) in [7, 11) is 3.01. The third-order valence-corrected chi connectivity index (χ3v) is 4.97. The topological polar surface area (TPSA) is 89.5 Å². The number of amides is 2. The average Bonchev–Trinajstić information content (AvgIpc) is 3.19. The van der Waals surface area contributed by atoms with Crippen molar-refractivity contribution in [2.45, 2.75) is 13.0 Å². The quantitative estimate of drug-likeness (QED) is 0.573. The molecule has 1 heterocycles. The molecule has 0 aliphatic carbocycles. The summed E-state index contributed by atoms with van der Waals surface area (Å²) in [4.78, 5) is 28.8. The van der Waals surface area contributed by atoms with E-state index < -0.39 is 0 Å². The van der Waals surface area contributed by atoms with E-state index in [1.54, 1.807) is 35.7 Å². The van der Waals surface area contributed by atoms with Gasteiger partial charge < -0.3 is 14.8 Å². The van der Waals surface area contributed by atoms with Gasteiger partial charge in [0.15, 0.2) is 16.6 Å². The van der Waals surface area contributed by atoms with E-state index in [1.807, 2.05) is 0 Å². The number of benzene rings is 2. The lowest BCUT2D eigenvalue weighted by Crippen LogP contribution is -2.24. The molecule has 0 saturated carbocycles. The highest BCUT2D eigenvalue weighted by Gasteiger charge is 2.14. The lowest BCUT2D eigenvalue weighted by Gasteiger charge is -2.09. The fourth-order valence-corrected chi connectivity index (χ4v) is 3.33. The van der Waals surface area contributed by atoms with Crippen molar-refractivity contribution < 1.29 is 23.5 Å². The summed E-state index contributed by atoms with van der Waals surface area (Å²) < 4.78 is 23.3. The lowest BCUT2D eigenvalue weighted by atomic mass is 10.2. The Kier molecular flexibility index (Phi) is 6.97. The van der Waals surface area contributed by atoms with Crippen molar-refractivity contribution in [3.8, 4) is 11.5 Å². The minimum absolute atomic E-state index is 0.0733. The van der Waals surface area contributed by atoms with E-state index in [2.05, 4.69) is 15.6 Å². The SMILES string of the molecule is COc1ccc(C(=O)Nc2nc(CC(=O)NCc3ccc(F)cc3)cs2)cc1OC. The van der Waals surface area contributed by atoms with Crippen LogP contribution in [0.3, 0.4) is 0 Å². The van der Waals surface area contributed by atoms with E-state index in [0.717, 1.165) is 5.56 Å². The van der Waals surface area contributed by atoms with Gasteiger partial charge >= 0.3 is 0 Å². The van der Waals surface area contributed by atoms with Crippen molar-refractivity contribution in [2.24, 2.45) is 0 Å². The van der Waals surface area contributed by atoms with Crippen LogP contribution in [0.2, 0.25) is 0 Å². The molecule has 7 nitrogen and oxygen atoms in total. The first-order valence-electron chi connectivity index (χ1n) is 8.97. The van der Waals surface area contributed by atoms with Crippen LogP contribution in [-0.4, -0.2) is 31.0 Å². The van der Waals surface area contributed by atoms with Gasteiger partial charge in [-0.15, -0.1) is 11.3 Å². The maximum Gasteiger partial charge on any atom is 0.257 e. The molecule has 0 bridgehead atoms. The van der Waals surface area contributed by atoms with Gasteiger partial charge in [0.05, 0.1) is 26.3 Å². The smallest absolute Gasteiger partial charge is 0.257 e. The number of carbonyl (C=O) groups is 2. The molecule has 3 aromatic rings. The molecule has 2 amide bonds. The van der Waals surface area contributed by atoms with E-state index in [-0.39, 0.29) is 24.1 Å². The summed E-state index contributed by atoms with van der Waals surface area (Å²) in [6.07, 6.45) is 0.0733. The van der Waals surface area contributed by atoms with Crippen molar-refractivity contribution in [1.29, 1.82) is 0 Å². The van der Waals surface area contributed by atoms with Crippen LogP contribution in [0, 0.1) is 5.82 Å². The van der Waals surface area contributed by atoms with Crippen molar-refractivity contribution in [1.82, 2.24) is 10.3 Å². The largest absolute Gasteiger partial charge is 0.493 e. The Morgan fingerprint density at radius 2 is 1.80 bits per heavy atom. The molecular weight excluding hydrogens is 409 g/mol. The maximum absolute atomic E-state index is 12.9. The van der Waals surface area contributed by atoms with Crippen LogP contribution < -0.4 is 20.1 Å². The number of halogens is 1. The second-order valence-corrected chi connectivity index (χ2v) is 7.11. The Balaban J connectivity index is 1.54. The first kappa shape index (κ1) is 21.3. The van der Waals surface area contributed by atoms with E-state index in [4.69, 9.17) is 9.47 Å². The second-order valence-electron chi connectivity index (χ2n) is 6.25. The minimum Gasteiger partial charge on any atom is -0.493 e. The number of nitrogens with one attached hydrogen (secondary N) is 2. The molecule has 0 radical (unpaired) electrons. The zero-order valence-electron chi connectivity index (χ0n) is 16.4. The zero-order valence-corrected chi connectivity index (χ0v) is 17.2. The summed E-state index contributed by atoms with van der Waals surface area (Å²) in [5.41, 5.74) is 1.73. The predicted octanol–water partition coefficient (Wildman–Crippen LogP) is 3.41. The summed E-state index contributed by atoms with van der Waals surface area (Å²) in [5, 5.41) is 7.56. The van der Waals surface area contributed by atoms with Crippen LogP contribution in [0.25, 0.3) is 0 Å². The van der Waals surface area contributed by atoms with Crippen LogP contribution in [0.5, 0.6) is 11.5 Å². The molecule has 0 fully saturated rings. The lowest BCUT2D eigenvalue weighted by molar-refractivity contribution is -0.120. The zero-order chi connectivity index (χ0) is 21.5. The van der Waals surface area contributed by atoms with Crippen LogP contribution in [0.4, 0.5) is 9.52 Å². The van der Waals surface area contributed by atoms with Crippen LogP contribution >= 0.6 is 11.3 Å². The Labute approximate surface area is 176 Å². The Bertz CT molecular complexity index is 1040. The van der Waals surface area contributed by atoms with Gasteiger partial charge in [-0.1, -0.05) is 12.1 Å². The van der Waals surface area contributed by atoms with E-state index in [1.165, 1.54) is 37.7 Å². The van der Waals surface area contributed by atoms with Crippen molar-refractivity contribution in [3.63, 3.8) is 0 Å². The fourth-order valence-electron chi connectivity index (χ4n) is 2.62. The highest BCUT2D eigenvalue weighted by molar-refractivity contribution is 7.14. The molecule has 0 atom stereocenters. The molecule has 1 aromatic heterocycles. The van der Waals surface area contributed by atoms with Crippen molar-refractivity contribution in [2.75, 3.05) is 19.5 Å². The molecule has 0 unspecified atom stereocenters. The fraction of sp³-hybridized carbons (Fsp3) is 0.190. The molecule has 0 aliphatic heterocycles. The summed E-state index contributed by atoms with van der Waals surface area (Å²) >= 11 is 1.23. The van der Waals surface area contributed by atoms with Gasteiger partial charge in [0.1, 0.15) is 5.82 Å². The van der Waals surface area contributed by atoms with Gasteiger partial charge in [0.25, 0.3) is 5.91 Å². The van der Waals surface area contributed by atoms with E-state index in [0.29, 0.717) is 34.4 Å². The van der Waals surface area contributed by atoms with Crippen molar-refractivity contribution >= 4 is 28.3 Å². The number of thiazole rings is 1. The molecule has 0 aliphatic rings. The molecule has 156 valence electrons. The average molecular weight is 429 g/mol. The van der Waals surface area contributed by atoms with Crippen LogP contribution in [0.1, 0.15) is 21.6 Å². The standard InChI is InChI=1S/C21H20FN3O4S/c1-28-17-8-5-14(9-18(17)29-2)20(27)25-21-24-16(12-30-21)10-19(26)23-11-13-3-6-15(22)7-4-13/h3-9,12H,10-11H2,1-2H3,(H,23,26)(H,24,25,27). The third-order valence-electron chi connectivity index (χ3n) is 4.16. The predicted molar refractivity (Wildman–Crippen MR) is 112 cm³/mol. The van der Waals surface area contributed by atoms with E-state index >= 15 is 0 Å². The van der Waals surface area contributed by atoms with Gasteiger partial charge in [0.2, 0.25) is 5.91 Å². The Morgan fingerprint density at radius 3 is 2.50 bits per heavy atom. The second kappa shape index (κ2) is 9.84. The number of aromatic nitrogens is 1. The Morgan fingerprint density at radius 1 is 1.07 bits per heavy atom. The van der Waals surface area contributed by atoms with Gasteiger partial charge in [-0.3, -0.25) is 14.9 Å². The highest BCUT2D eigenvalue weighted by Crippen LogP contribution is 2.28. The van der Waals surface area contributed by atoms with E-state index in [9.17, 15) is 14.0 Å². The monoisotopic (exact) mass is 429 g/mol. The molecule has 0 spiro atoms. The third kappa shape index (κ3) is 5.54. The number of methoxy groups -OCH3 is 2. The number of anilines is 1. The Hall–Kier alpha value is -3.46. The van der Waals surface area contributed by atoms with Crippen LogP contribution in [-0.2, 0) is 17.8 Å². The first-order chi connectivity index (χ1) is 14.5.